The van der Waals surface area contributed by atoms with Gasteiger partial charge in [0.25, 0.3) is 0 Å². The van der Waals surface area contributed by atoms with Gasteiger partial charge < -0.3 is 20.3 Å². The molecule has 73 heavy (non-hydrogen) atoms. The summed E-state index contributed by atoms with van der Waals surface area (Å²) in [7, 11) is 0. The largest absolute Gasteiger partial charge is 0.466 e. The Morgan fingerprint density at radius 2 is 0.644 bits per heavy atom. The van der Waals surface area contributed by atoms with E-state index in [2.05, 4.69) is 31.3 Å². The molecule has 0 saturated heterocycles. The SMILES string of the molecule is CCCCCCCCCCCCCCCCCCCCCC(O)C(CO)NC(=O)CCCCCCCCCC/C=C\CCCCCCCCCCCCCCOC(=O)CCCCCCCCCCCCCCC. The zero-order chi connectivity index (χ0) is 52.9. The summed E-state index contributed by atoms with van der Waals surface area (Å²) in [5.74, 6) is -0.0204. The minimum absolute atomic E-state index is 0.0150. The molecule has 434 valence electrons. The van der Waals surface area contributed by atoms with E-state index < -0.39 is 12.1 Å². The molecular formula is C67H131NO5. The molecular weight excluding hydrogens is 899 g/mol. The second kappa shape index (κ2) is 63.1. The first kappa shape index (κ1) is 71.6. The summed E-state index contributed by atoms with van der Waals surface area (Å²) >= 11 is 0. The Bertz CT molecular complexity index is 1100. The summed E-state index contributed by atoms with van der Waals surface area (Å²) in [5, 5.41) is 23.4. The maximum Gasteiger partial charge on any atom is 0.305 e. The summed E-state index contributed by atoms with van der Waals surface area (Å²) in [6.45, 7) is 4.99. The van der Waals surface area contributed by atoms with Crippen molar-refractivity contribution in [3.8, 4) is 0 Å². The molecule has 0 radical (unpaired) electrons. The molecule has 2 unspecified atom stereocenters. The van der Waals surface area contributed by atoms with Gasteiger partial charge in [-0.3, -0.25) is 9.59 Å². The van der Waals surface area contributed by atoms with Crippen molar-refractivity contribution in [1.82, 2.24) is 5.32 Å². The van der Waals surface area contributed by atoms with Gasteiger partial charge >= 0.3 is 5.97 Å². The fraction of sp³-hybridized carbons (Fsp3) is 0.940. The van der Waals surface area contributed by atoms with E-state index in [1.54, 1.807) is 0 Å². The van der Waals surface area contributed by atoms with Crippen molar-refractivity contribution in [1.29, 1.82) is 0 Å². The van der Waals surface area contributed by atoms with Crippen LogP contribution < -0.4 is 5.32 Å². The maximum absolute atomic E-state index is 12.5. The van der Waals surface area contributed by atoms with Crippen molar-refractivity contribution in [2.24, 2.45) is 0 Å². The smallest absolute Gasteiger partial charge is 0.305 e. The first-order chi connectivity index (χ1) is 36.0. The van der Waals surface area contributed by atoms with E-state index in [1.807, 2.05) is 0 Å². The number of nitrogens with one attached hydrogen (secondary N) is 1. The standard InChI is InChI=1S/C67H131NO5/c1-3-5-7-9-11-13-15-17-18-19-26-29-32-36-39-43-47-51-55-59-65(70)64(63-69)68-66(71)60-56-52-48-44-40-37-33-30-27-24-22-20-21-23-25-28-31-34-38-42-46-50-54-58-62-73-67(72)61-57-53-49-45-41-35-16-14-12-10-8-6-4-2/h22,24,64-65,69-70H,3-21,23,25-63H2,1-2H3,(H,68,71)/b24-22-. The van der Waals surface area contributed by atoms with Gasteiger partial charge in [-0.2, -0.15) is 0 Å². The van der Waals surface area contributed by atoms with Crippen molar-refractivity contribution < 1.29 is 24.5 Å². The van der Waals surface area contributed by atoms with Crippen molar-refractivity contribution in [3.05, 3.63) is 12.2 Å². The predicted molar refractivity (Wildman–Crippen MR) is 320 cm³/mol. The van der Waals surface area contributed by atoms with Crippen LogP contribution >= 0.6 is 0 Å². The molecule has 6 nitrogen and oxygen atoms in total. The van der Waals surface area contributed by atoms with Crippen LogP contribution in [0.4, 0.5) is 0 Å². The van der Waals surface area contributed by atoms with Crippen LogP contribution in [-0.2, 0) is 14.3 Å². The third-order valence-electron chi connectivity index (χ3n) is 15.8. The van der Waals surface area contributed by atoms with Gasteiger partial charge in [0.1, 0.15) is 0 Å². The molecule has 0 aliphatic carbocycles. The van der Waals surface area contributed by atoms with Crippen molar-refractivity contribution in [2.75, 3.05) is 13.2 Å². The van der Waals surface area contributed by atoms with E-state index in [4.69, 9.17) is 4.74 Å². The Hall–Kier alpha value is -1.40. The minimum Gasteiger partial charge on any atom is -0.466 e. The Morgan fingerprint density at radius 3 is 0.973 bits per heavy atom. The van der Waals surface area contributed by atoms with Crippen LogP contribution in [0.2, 0.25) is 0 Å². The van der Waals surface area contributed by atoms with Gasteiger partial charge in [0.2, 0.25) is 5.91 Å². The zero-order valence-electron chi connectivity index (χ0n) is 49.6. The van der Waals surface area contributed by atoms with Gasteiger partial charge in [-0.15, -0.1) is 0 Å². The number of hydrogen-bond donors (Lipinski definition) is 3. The van der Waals surface area contributed by atoms with Crippen LogP contribution in [0.1, 0.15) is 380 Å². The van der Waals surface area contributed by atoms with Gasteiger partial charge in [0.15, 0.2) is 0 Å². The van der Waals surface area contributed by atoms with Gasteiger partial charge in [-0.05, 0) is 51.4 Å². The highest BCUT2D eigenvalue weighted by molar-refractivity contribution is 5.76. The van der Waals surface area contributed by atoms with E-state index in [0.717, 1.165) is 38.5 Å². The summed E-state index contributed by atoms with van der Waals surface area (Å²) in [6, 6.07) is -0.545. The number of unbranched alkanes of at least 4 members (excludes halogenated alkanes) is 50. The van der Waals surface area contributed by atoms with Gasteiger partial charge in [0.05, 0.1) is 25.4 Å². The van der Waals surface area contributed by atoms with Crippen LogP contribution in [-0.4, -0.2) is 47.4 Å². The molecule has 0 rings (SSSR count). The average molecular weight is 1030 g/mol. The summed E-state index contributed by atoms with van der Waals surface area (Å²) in [5.41, 5.74) is 0. The lowest BCUT2D eigenvalue weighted by atomic mass is 10.0. The van der Waals surface area contributed by atoms with Crippen molar-refractivity contribution in [2.45, 2.75) is 392 Å². The highest BCUT2D eigenvalue weighted by Gasteiger charge is 2.20. The van der Waals surface area contributed by atoms with Crippen LogP contribution in [0, 0.1) is 0 Å². The van der Waals surface area contributed by atoms with Gasteiger partial charge in [0, 0.05) is 12.8 Å². The Morgan fingerprint density at radius 1 is 0.370 bits per heavy atom. The summed E-state index contributed by atoms with van der Waals surface area (Å²) < 4.78 is 5.48. The van der Waals surface area contributed by atoms with E-state index in [-0.39, 0.29) is 18.5 Å². The molecule has 0 fully saturated rings. The number of amides is 1. The lowest BCUT2D eigenvalue weighted by molar-refractivity contribution is -0.143. The number of esters is 1. The fourth-order valence-corrected chi connectivity index (χ4v) is 10.7. The van der Waals surface area contributed by atoms with Crippen LogP contribution in [0.25, 0.3) is 0 Å². The van der Waals surface area contributed by atoms with E-state index in [1.165, 1.54) is 308 Å². The quantitative estimate of drug-likeness (QED) is 0.0320. The number of aliphatic hydroxyl groups excluding tert-OH is 2. The molecule has 0 aliphatic rings. The van der Waals surface area contributed by atoms with Crippen molar-refractivity contribution >= 4 is 11.9 Å². The molecule has 2 atom stereocenters. The maximum atomic E-state index is 12.5. The van der Waals surface area contributed by atoms with E-state index >= 15 is 0 Å². The van der Waals surface area contributed by atoms with Crippen molar-refractivity contribution in [3.63, 3.8) is 0 Å². The molecule has 0 bridgehead atoms. The lowest BCUT2D eigenvalue weighted by Gasteiger charge is -2.22. The third kappa shape index (κ3) is 59.7. The van der Waals surface area contributed by atoms with Crippen LogP contribution in [0.15, 0.2) is 12.2 Å². The molecule has 0 aliphatic heterocycles. The van der Waals surface area contributed by atoms with Gasteiger partial charge in [-0.1, -0.05) is 328 Å². The van der Waals surface area contributed by atoms with E-state index in [0.29, 0.717) is 25.9 Å². The normalized spacial score (nSPS) is 12.5. The number of aliphatic hydroxyl groups is 2. The summed E-state index contributed by atoms with van der Waals surface area (Å²) in [6.07, 6.45) is 76.7. The first-order valence-corrected chi connectivity index (χ1v) is 33.4. The molecule has 0 aromatic rings. The Labute approximate surface area is 457 Å². The second-order valence-electron chi connectivity index (χ2n) is 23.2. The highest BCUT2D eigenvalue weighted by Crippen LogP contribution is 2.19. The molecule has 0 aromatic carbocycles. The number of allylic oxidation sites excluding steroid dienone is 2. The molecule has 0 heterocycles. The predicted octanol–water partition coefficient (Wildman–Crippen LogP) is 21.2. The minimum atomic E-state index is -0.667. The third-order valence-corrected chi connectivity index (χ3v) is 15.8. The first-order valence-electron chi connectivity index (χ1n) is 33.4. The Kier molecular flexibility index (Phi) is 61.9. The highest BCUT2D eigenvalue weighted by atomic mass is 16.5. The van der Waals surface area contributed by atoms with Crippen LogP contribution in [0.3, 0.4) is 0 Å². The number of rotatable bonds is 63. The topological polar surface area (TPSA) is 95.9 Å². The molecule has 0 spiro atoms. The number of carbonyl (C=O) groups excluding carboxylic acids is 2. The van der Waals surface area contributed by atoms with E-state index in [9.17, 15) is 19.8 Å². The van der Waals surface area contributed by atoms with Gasteiger partial charge in [-0.25, -0.2) is 0 Å². The molecule has 6 heteroatoms. The molecule has 1 amide bonds. The number of carbonyl (C=O) groups is 2. The molecule has 0 saturated carbocycles. The molecule has 0 aromatic heterocycles. The second-order valence-corrected chi connectivity index (χ2v) is 23.2. The fourth-order valence-electron chi connectivity index (χ4n) is 10.7. The molecule has 3 N–H and O–H groups in total. The Balaban J connectivity index is 3.40. The lowest BCUT2D eigenvalue weighted by Crippen LogP contribution is -2.45. The number of ether oxygens (including phenoxy) is 1. The zero-order valence-corrected chi connectivity index (χ0v) is 49.6. The van der Waals surface area contributed by atoms with Crippen LogP contribution in [0.5, 0.6) is 0 Å². The number of hydrogen-bond acceptors (Lipinski definition) is 5. The summed E-state index contributed by atoms with van der Waals surface area (Å²) in [4.78, 5) is 24.6. The monoisotopic (exact) mass is 1030 g/mol. The average Bonchev–Trinajstić information content (AvgIpc) is 3.39.